The van der Waals surface area contributed by atoms with Crippen LogP contribution in [0.4, 0.5) is 5.82 Å². The van der Waals surface area contributed by atoms with Gasteiger partial charge in [-0.2, -0.15) is 5.26 Å². The summed E-state index contributed by atoms with van der Waals surface area (Å²) >= 11 is 5.95. The number of fused-ring (bicyclic) bond motifs is 1. The molecule has 0 unspecified atom stereocenters. The predicted molar refractivity (Wildman–Crippen MR) is 85.9 cm³/mol. The molecule has 1 fully saturated rings. The number of hydrogen-bond acceptors (Lipinski definition) is 5. The van der Waals surface area contributed by atoms with E-state index in [9.17, 15) is 14.9 Å². The lowest BCUT2D eigenvalue weighted by Crippen LogP contribution is -2.33. The maximum atomic E-state index is 11.5. The van der Waals surface area contributed by atoms with Gasteiger partial charge in [-0.1, -0.05) is 11.6 Å². The number of likely N-dealkylation sites (tertiary alicyclic amines) is 1. The van der Waals surface area contributed by atoms with E-state index in [1.807, 2.05) is 0 Å². The zero-order valence-corrected chi connectivity index (χ0v) is 12.9. The summed E-state index contributed by atoms with van der Waals surface area (Å²) in [5.41, 5.74) is 1.12. The van der Waals surface area contributed by atoms with E-state index in [2.05, 4.69) is 16.4 Å². The number of nitriles is 1. The summed E-state index contributed by atoms with van der Waals surface area (Å²) in [5, 5.41) is 13.6. The molecular weight excluding hydrogens is 316 g/mol. The number of halogens is 1. The molecule has 2 amide bonds. The normalized spacial score (nSPS) is 14.3. The monoisotopic (exact) mass is 328 g/mol. The van der Waals surface area contributed by atoms with Gasteiger partial charge in [0.2, 0.25) is 11.8 Å². The Morgan fingerprint density at radius 3 is 2.70 bits per heavy atom. The van der Waals surface area contributed by atoms with Crippen molar-refractivity contribution in [3.8, 4) is 6.07 Å². The lowest BCUT2D eigenvalue weighted by atomic mass is 10.1. The van der Waals surface area contributed by atoms with E-state index in [1.54, 1.807) is 24.3 Å². The Kier molecular flexibility index (Phi) is 4.13. The Morgan fingerprint density at radius 1 is 1.26 bits per heavy atom. The van der Waals surface area contributed by atoms with Crippen LogP contribution in [0, 0.1) is 11.3 Å². The fourth-order valence-corrected chi connectivity index (χ4v) is 2.72. The SMILES string of the molecule is N#Cc1cc(NCCN2C(=O)CCC2=O)nc2ccc(Cl)cc12. The molecular formula is C16H13ClN4O2. The van der Waals surface area contributed by atoms with E-state index < -0.39 is 0 Å². The zero-order valence-electron chi connectivity index (χ0n) is 12.2. The maximum Gasteiger partial charge on any atom is 0.229 e. The number of carbonyl (C=O) groups is 2. The second kappa shape index (κ2) is 6.23. The molecule has 116 valence electrons. The molecule has 1 aromatic carbocycles. The molecule has 0 aliphatic carbocycles. The van der Waals surface area contributed by atoms with Crippen LogP contribution in [0.1, 0.15) is 18.4 Å². The van der Waals surface area contributed by atoms with Crippen molar-refractivity contribution in [2.75, 3.05) is 18.4 Å². The number of benzene rings is 1. The zero-order chi connectivity index (χ0) is 16.4. The summed E-state index contributed by atoms with van der Waals surface area (Å²) in [5.74, 6) is 0.238. The first kappa shape index (κ1) is 15.3. The van der Waals surface area contributed by atoms with Crippen molar-refractivity contribution in [3.05, 3.63) is 34.9 Å². The van der Waals surface area contributed by atoms with Crippen LogP contribution in [0.15, 0.2) is 24.3 Å². The second-order valence-electron chi connectivity index (χ2n) is 5.19. The summed E-state index contributed by atoms with van der Waals surface area (Å²) in [6.45, 7) is 0.675. The van der Waals surface area contributed by atoms with Crippen molar-refractivity contribution in [3.63, 3.8) is 0 Å². The predicted octanol–water partition coefficient (Wildman–Crippen LogP) is 2.32. The van der Waals surface area contributed by atoms with Gasteiger partial charge in [0, 0.05) is 36.3 Å². The van der Waals surface area contributed by atoms with E-state index in [1.165, 1.54) is 4.90 Å². The summed E-state index contributed by atoms with van der Waals surface area (Å²) in [6.07, 6.45) is 0.568. The van der Waals surface area contributed by atoms with Crippen molar-refractivity contribution in [1.82, 2.24) is 9.88 Å². The fraction of sp³-hybridized carbons (Fsp3) is 0.250. The highest BCUT2D eigenvalue weighted by molar-refractivity contribution is 6.31. The van der Waals surface area contributed by atoms with Gasteiger partial charge in [0.05, 0.1) is 17.1 Å². The fourth-order valence-electron chi connectivity index (χ4n) is 2.55. The van der Waals surface area contributed by atoms with Crippen LogP contribution in [0.3, 0.4) is 0 Å². The lowest BCUT2D eigenvalue weighted by molar-refractivity contribution is -0.138. The molecule has 2 aromatic rings. The molecule has 1 aliphatic heterocycles. The summed E-state index contributed by atoms with van der Waals surface area (Å²) in [4.78, 5) is 28.7. The molecule has 6 nitrogen and oxygen atoms in total. The van der Waals surface area contributed by atoms with Crippen LogP contribution >= 0.6 is 11.6 Å². The molecule has 1 aliphatic rings. The van der Waals surface area contributed by atoms with E-state index >= 15 is 0 Å². The van der Waals surface area contributed by atoms with Crippen molar-refractivity contribution >= 4 is 40.1 Å². The third kappa shape index (κ3) is 3.10. The van der Waals surface area contributed by atoms with E-state index in [4.69, 9.17) is 11.6 Å². The van der Waals surface area contributed by atoms with Crippen molar-refractivity contribution in [2.45, 2.75) is 12.8 Å². The first-order valence-electron chi connectivity index (χ1n) is 7.16. The lowest BCUT2D eigenvalue weighted by Gasteiger charge is -2.14. The quantitative estimate of drug-likeness (QED) is 0.870. The van der Waals surface area contributed by atoms with Gasteiger partial charge in [0.1, 0.15) is 5.82 Å². The van der Waals surface area contributed by atoms with Gasteiger partial charge >= 0.3 is 0 Å². The molecule has 0 radical (unpaired) electrons. The van der Waals surface area contributed by atoms with Crippen molar-refractivity contribution in [1.29, 1.82) is 5.26 Å². The highest BCUT2D eigenvalue weighted by Crippen LogP contribution is 2.23. The molecule has 7 heteroatoms. The standard InChI is InChI=1S/C16H13ClN4O2/c17-11-1-2-13-12(8-11)10(9-18)7-14(20-13)19-5-6-21-15(22)3-4-16(21)23/h1-2,7-8H,3-6H2,(H,19,20). The summed E-state index contributed by atoms with van der Waals surface area (Å²) in [7, 11) is 0. The van der Waals surface area contributed by atoms with Gasteiger partial charge in [0.15, 0.2) is 0 Å². The van der Waals surface area contributed by atoms with E-state index in [0.717, 1.165) is 0 Å². The average Bonchev–Trinajstić information content (AvgIpc) is 2.86. The van der Waals surface area contributed by atoms with Crippen molar-refractivity contribution < 1.29 is 9.59 Å². The molecule has 0 bridgehead atoms. The minimum Gasteiger partial charge on any atom is -0.368 e. The number of aromatic nitrogens is 1. The van der Waals surface area contributed by atoms with Crippen LogP contribution in [0.2, 0.25) is 5.02 Å². The number of amides is 2. The first-order chi connectivity index (χ1) is 11.1. The number of imide groups is 1. The van der Waals surface area contributed by atoms with Gasteiger partial charge in [-0.15, -0.1) is 0 Å². The molecule has 1 saturated heterocycles. The maximum absolute atomic E-state index is 11.5. The smallest absolute Gasteiger partial charge is 0.229 e. The first-order valence-corrected chi connectivity index (χ1v) is 7.54. The van der Waals surface area contributed by atoms with Gasteiger partial charge < -0.3 is 5.32 Å². The highest BCUT2D eigenvalue weighted by Gasteiger charge is 2.28. The third-order valence-corrected chi connectivity index (χ3v) is 3.92. The molecule has 2 heterocycles. The second-order valence-corrected chi connectivity index (χ2v) is 5.63. The molecule has 1 N–H and O–H groups in total. The third-order valence-electron chi connectivity index (χ3n) is 3.69. The van der Waals surface area contributed by atoms with Crippen LogP contribution in [-0.4, -0.2) is 34.8 Å². The van der Waals surface area contributed by atoms with Gasteiger partial charge in [-0.05, 0) is 24.3 Å². The topological polar surface area (TPSA) is 86.1 Å². The highest BCUT2D eigenvalue weighted by atomic mass is 35.5. The van der Waals surface area contributed by atoms with Crippen LogP contribution in [-0.2, 0) is 9.59 Å². The van der Waals surface area contributed by atoms with Crippen molar-refractivity contribution in [2.24, 2.45) is 0 Å². The Hall–Kier alpha value is -2.65. The number of hydrogen-bond donors (Lipinski definition) is 1. The Labute approximate surface area is 137 Å². The number of pyridine rings is 1. The van der Waals surface area contributed by atoms with Gasteiger partial charge in [-0.25, -0.2) is 4.98 Å². The Balaban J connectivity index is 1.76. The summed E-state index contributed by atoms with van der Waals surface area (Å²) in [6, 6.07) is 8.92. The minimum atomic E-state index is -0.143. The van der Waals surface area contributed by atoms with E-state index in [-0.39, 0.29) is 24.7 Å². The number of nitrogens with one attached hydrogen (secondary N) is 1. The van der Waals surface area contributed by atoms with E-state index in [0.29, 0.717) is 40.4 Å². The summed E-state index contributed by atoms with van der Waals surface area (Å²) < 4.78 is 0. The molecule has 23 heavy (non-hydrogen) atoms. The molecule has 3 rings (SSSR count). The average molecular weight is 329 g/mol. The Bertz CT molecular complexity index is 828. The van der Waals surface area contributed by atoms with Crippen LogP contribution in [0.25, 0.3) is 10.9 Å². The van der Waals surface area contributed by atoms with Gasteiger partial charge in [0.25, 0.3) is 0 Å². The molecule has 0 saturated carbocycles. The number of anilines is 1. The number of rotatable bonds is 4. The van der Waals surface area contributed by atoms with Crippen LogP contribution < -0.4 is 5.32 Å². The minimum absolute atomic E-state index is 0.143. The number of carbonyl (C=O) groups excluding carboxylic acids is 2. The van der Waals surface area contributed by atoms with Crippen LogP contribution in [0.5, 0.6) is 0 Å². The van der Waals surface area contributed by atoms with Gasteiger partial charge in [-0.3, -0.25) is 14.5 Å². The molecule has 1 aromatic heterocycles. The Morgan fingerprint density at radius 2 is 2.00 bits per heavy atom. The largest absolute Gasteiger partial charge is 0.368 e. The number of nitrogens with zero attached hydrogens (tertiary/aromatic N) is 3. The molecule has 0 spiro atoms. The molecule has 0 atom stereocenters.